The Morgan fingerprint density at radius 3 is 2.50 bits per heavy atom. The molecule has 0 saturated heterocycles. The van der Waals surface area contributed by atoms with Crippen molar-refractivity contribution in [3.8, 4) is 0 Å². The van der Waals surface area contributed by atoms with Gasteiger partial charge in [-0.25, -0.2) is 0 Å². The summed E-state index contributed by atoms with van der Waals surface area (Å²) in [5, 5.41) is 4.25. The lowest BCUT2D eigenvalue weighted by molar-refractivity contribution is 0.492. The van der Waals surface area contributed by atoms with Crippen molar-refractivity contribution in [2.75, 3.05) is 0 Å². The molecule has 3 heteroatoms. The zero-order valence-corrected chi connectivity index (χ0v) is 11.5. The maximum absolute atomic E-state index is 6.37. The highest BCUT2D eigenvalue weighted by Crippen LogP contribution is 2.25. The summed E-state index contributed by atoms with van der Waals surface area (Å²) in [6.07, 6.45) is 0.873. The lowest BCUT2D eigenvalue weighted by atomic mass is 9.87. The van der Waals surface area contributed by atoms with Gasteiger partial charge in [-0.2, -0.15) is 11.3 Å². The molecule has 1 unspecified atom stereocenters. The zero-order valence-electron chi connectivity index (χ0n) is 9.11. The van der Waals surface area contributed by atoms with Crippen LogP contribution in [0.4, 0.5) is 0 Å². The summed E-state index contributed by atoms with van der Waals surface area (Å²) in [6, 6.07) is 10.4. The molecule has 1 atom stereocenters. The molecule has 0 amide bonds. The predicted octanol–water partition coefficient (Wildman–Crippen LogP) is 3.93. The Hall–Kier alpha value is -0.640. The van der Waals surface area contributed by atoms with Gasteiger partial charge in [0.2, 0.25) is 0 Å². The standard InChI is InChI=1S/C13H14BrNS/c1-13(15,8-10-6-7-16-9-10)11-2-4-12(14)5-3-11/h2-7,9H,8,15H2,1H3. The first-order valence-electron chi connectivity index (χ1n) is 5.14. The predicted molar refractivity (Wildman–Crippen MR) is 73.7 cm³/mol. The maximum Gasteiger partial charge on any atom is 0.0422 e. The van der Waals surface area contributed by atoms with E-state index in [9.17, 15) is 0 Å². The van der Waals surface area contributed by atoms with Gasteiger partial charge in [0.05, 0.1) is 0 Å². The monoisotopic (exact) mass is 295 g/mol. The third kappa shape index (κ3) is 2.73. The van der Waals surface area contributed by atoms with Crippen LogP contribution >= 0.6 is 27.3 Å². The van der Waals surface area contributed by atoms with Crippen LogP contribution in [0.25, 0.3) is 0 Å². The van der Waals surface area contributed by atoms with E-state index in [1.807, 2.05) is 12.1 Å². The van der Waals surface area contributed by atoms with Gasteiger partial charge < -0.3 is 5.73 Å². The molecule has 2 aromatic rings. The molecular formula is C13H14BrNS. The van der Waals surface area contributed by atoms with Crippen molar-refractivity contribution < 1.29 is 0 Å². The highest BCUT2D eigenvalue weighted by Gasteiger charge is 2.21. The molecule has 0 fully saturated rings. The van der Waals surface area contributed by atoms with E-state index in [1.165, 1.54) is 11.1 Å². The second-order valence-electron chi connectivity index (χ2n) is 4.23. The number of benzene rings is 1. The van der Waals surface area contributed by atoms with Crippen molar-refractivity contribution in [3.63, 3.8) is 0 Å². The van der Waals surface area contributed by atoms with Crippen LogP contribution in [0.15, 0.2) is 45.6 Å². The Bertz CT molecular complexity index is 445. The van der Waals surface area contributed by atoms with E-state index in [1.54, 1.807) is 11.3 Å². The van der Waals surface area contributed by atoms with Gasteiger partial charge in [-0.3, -0.25) is 0 Å². The van der Waals surface area contributed by atoms with Gasteiger partial charge in [-0.05, 0) is 53.4 Å². The lowest BCUT2D eigenvalue weighted by Gasteiger charge is -2.25. The van der Waals surface area contributed by atoms with Gasteiger partial charge in [-0.15, -0.1) is 0 Å². The van der Waals surface area contributed by atoms with Crippen LogP contribution in [0.3, 0.4) is 0 Å². The zero-order chi connectivity index (χ0) is 11.6. The second-order valence-corrected chi connectivity index (χ2v) is 5.93. The SMILES string of the molecule is CC(N)(Cc1ccsc1)c1ccc(Br)cc1. The summed E-state index contributed by atoms with van der Waals surface area (Å²) in [5.41, 5.74) is 8.54. The molecule has 0 aliphatic rings. The Balaban J connectivity index is 2.21. The average Bonchev–Trinajstić information content (AvgIpc) is 2.70. The topological polar surface area (TPSA) is 26.0 Å². The van der Waals surface area contributed by atoms with Crippen LogP contribution in [-0.4, -0.2) is 0 Å². The van der Waals surface area contributed by atoms with E-state index in [2.05, 4.69) is 51.8 Å². The molecule has 1 nitrogen and oxygen atoms in total. The first-order valence-corrected chi connectivity index (χ1v) is 6.87. The van der Waals surface area contributed by atoms with Gasteiger partial charge in [0.1, 0.15) is 0 Å². The number of hydrogen-bond donors (Lipinski definition) is 1. The minimum absolute atomic E-state index is 0.304. The fourth-order valence-corrected chi connectivity index (χ4v) is 2.68. The number of hydrogen-bond acceptors (Lipinski definition) is 2. The number of thiophene rings is 1. The van der Waals surface area contributed by atoms with Crippen molar-refractivity contribution in [3.05, 3.63) is 56.7 Å². The highest BCUT2D eigenvalue weighted by molar-refractivity contribution is 9.10. The van der Waals surface area contributed by atoms with Crippen molar-refractivity contribution in [1.29, 1.82) is 0 Å². The first kappa shape index (κ1) is 11.8. The van der Waals surface area contributed by atoms with E-state index in [-0.39, 0.29) is 5.54 Å². The molecule has 1 aromatic carbocycles. The molecule has 1 aromatic heterocycles. The molecule has 0 radical (unpaired) electrons. The molecule has 0 saturated carbocycles. The van der Waals surface area contributed by atoms with Gasteiger partial charge in [-0.1, -0.05) is 28.1 Å². The second kappa shape index (κ2) is 4.70. The van der Waals surface area contributed by atoms with E-state index < -0.39 is 0 Å². The van der Waals surface area contributed by atoms with Gasteiger partial charge in [0.15, 0.2) is 0 Å². The van der Waals surface area contributed by atoms with Crippen molar-refractivity contribution >= 4 is 27.3 Å². The summed E-state index contributed by atoms with van der Waals surface area (Å²) in [7, 11) is 0. The third-order valence-corrected chi connectivity index (χ3v) is 3.92. The summed E-state index contributed by atoms with van der Waals surface area (Å²) < 4.78 is 1.09. The molecule has 0 aliphatic heterocycles. The minimum Gasteiger partial charge on any atom is -0.321 e. The summed E-state index contributed by atoms with van der Waals surface area (Å²) >= 11 is 5.15. The van der Waals surface area contributed by atoms with Crippen LogP contribution in [0, 0.1) is 0 Å². The van der Waals surface area contributed by atoms with Gasteiger partial charge in [0.25, 0.3) is 0 Å². The van der Waals surface area contributed by atoms with E-state index in [0.717, 1.165) is 10.9 Å². The molecule has 84 valence electrons. The molecule has 1 heterocycles. The molecule has 0 spiro atoms. The number of nitrogens with two attached hydrogens (primary N) is 1. The fraction of sp³-hybridized carbons (Fsp3) is 0.231. The molecule has 16 heavy (non-hydrogen) atoms. The summed E-state index contributed by atoms with van der Waals surface area (Å²) in [5.74, 6) is 0. The smallest absolute Gasteiger partial charge is 0.0422 e. The van der Waals surface area contributed by atoms with Crippen LogP contribution in [-0.2, 0) is 12.0 Å². The van der Waals surface area contributed by atoms with E-state index >= 15 is 0 Å². The number of rotatable bonds is 3. The van der Waals surface area contributed by atoms with Crippen molar-refractivity contribution in [1.82, 2.24) is 0 Å². The summed E-state index contributed by atoms with van der Waals surface area (Å²) in [6.45, 7) is 2.08. The average molecular weight is 296 g/mol. The Morgan fingerprint density at radius 1 is 1.25 bits per heavy atom. The van der Waals surface area contributed by atoms with Crippen LogP contribution in [0.5, 0.6) is 0 Å². The lowest BCUT2D eigenvalue weighted by Crippen LogP contribution is -2.35. The Kier molecular flexibility index (Phi) is 3.47. The minimum atomic E-state index is -0.304. The van der Waals surface area contributed by atoms with E-state index in [4.69, 9.17) is 5.73 Å². The maximum atomic E-state index is 6.37. The Labute approximate surface area is 108 Å². The van der Waals surface area contributed by atoms with Gasteiger partial charge in [0, 0.05) is 10.0 Å². The van der Waals surface area contributed by atoms with Crippen LogP contribution in [0.2, 0.25) is 0 Å². The largest absolute Gasteiger partial charge is 0.321 e. The van der Waals surface area contributed by atoms with Crippen molar-refractivity contribution in [2.45, 2.75) is 18.9 Å². The molecule has 2 rings (SSSR count). The van der Waals surface area contributed by atoms with Crippen LogP contribution in [0.1, 0.15) is 18.1 Å². The van der Waals surface area contributed by atoms with Gasteiger partial charge >= 0.3 is 0 Å². The number of halogens is 1. The quantitative estimate of drug-likeness (QED) is 0.912. The fourth-order valence-electron chi connectivity index (χ4n) is 1.75. The molecule has 2 N–H and O–H groups in total. The third-order valence-electron chi connectivity index (χ3n) is 2.66. The molecule has 0 aliphatic carbocycles. The molecule has 0 bridgehead atoms. The first-order chi connectivity index (χ1) is 7.58. The molecular weight excluding hydrogens is 282 g/mol. The summed E-state index contributed by atoms with van der Waals surface area (Å²) in [4.78, 5) is 0. The Morgan fingerprint density at radius 2 is 1.94 bits per heavy atom. The normalized spacial score (nSPS) is 14.7. The van der Waals surface area contributed by atoms with E-state index in [0.29, 0.717) is 0 Å². The van der Waals surface area contributed by atoms with Crippen molar-refractivity contribution in [2.24, 2.45) is 5.73 Å². The van der Waals surface area contributed by atoms with Crippen LogP contribution < -0.4 is 5.73 Å². The highest BCUT2D eigenvalue weighted by atomic mass is 79.9.